The molecule has 2 rings (SSSR count). The zero-order chi connectivity index (χ0) is 15.4. The number of aromatic hydroxyl groups is 1. The number of carbonyl (C=O) groups is 1. The van der Waals surface area contributed by atoms with Crippen molar-refractivity contribution >= 4 is 22.1 Å². The molecular formula is C16H16BrNO3. The first-order valence-electron chi connectivity index (χ1n) is 6.45. The molecule has 0 spiro atoms. The molecule has 5 heteroatoms. The van der Waals surface area contributed by atoms with E-state index in [9.17, 15) is 9.90 Å². The minimum absolute atomic E-state index is 0.204. The van der Waals surface area contributed by atoms with Crippen molar-refractivity contribution < 1.29 is 14.6 Å². The molecule has 0 heterocycles. The van der Waals surface area contributed by atoms with Crippen molar-refractivity contribution in [3.8, 4) is 11.5 Å². The van der Waals surface area contributed by atoms with Gasteiger partial charge in [0.05, 0.1) is 0 Å². The van der Waals surface area contributed by atoms with Crippen LogP contribution in [0.2, 0.25) is 0 Å². The van der Waals surface area contributed by atoms with Crippen molar-refractivity contribution in [1.29, 1.82) is 0 Å². The summed E-state index contributed by atoms with van der Waals surface area (Å²) in [5.74, 6) is 0.677. The monoisotopic (exact) mass is 349 g/mol. The molecular weight excluding hydrogens is 334 g/mol. The van der Waals surface area contributed by atoms with Crippen molar-refractivity contribution in [2.24, 2.45) is 0 Å². The number of carbonyl (C=O) groups excluding carboxylic acids is 1. The molecule has 0 aliphatic rings. The van der Waals surface area contributed by atoms with Gasteiger partial charge >= 0.3 is 0 Å². The lowest BCUT2D eigenvalue weighted by atomic mass is 10.0. The van der Waals surface area contributed by atoms with E-state index in [1.807, 2.05) is 26.0 Å². The number of nitrogens with one attached hydrogen (secondary N) is 1. The van der Waals surface area contributed by atoms with Crippen LogP contribution in [0.1, 0.15) is 27.0 Å². The number of phenols is 1. The zero-order valence-corrected chi connectivity index (χ0v) is 13.4. The molecule has 0 fully saturated rings. The Hall–Kier alpha value is -2.01. The Morgan fingerprint density at radius 2 is 2.00 bits per heavy atom. The smallest absolute Gasteiger partial charge is 0.261 e. The molecule has 1 amide bonds. The first kappa shape index (κ1) is 15.4. The fourth-order valence-corrected chi connectivity index (χ4v) is 2.32. The van der Waals surface area contributed by atoms with Crippen LogP contribution < -0.4 is 9.08 Å². The molecule has 0 saturated heterocycles. The van der Waals surface area contributed by atoms with Crippen LogP contribution >= 0.6 is 16.1 Å². The van der Waals surface area contributed by atoms with Crippen molar-refractivity contribution in [2.45, 2.75) is 20.5 Å². The third-order valence-electron chi connectivity index (χ3n) is 3.27. The standard InChI is InChI=1S/C16H16BrNO3/c1-10-4-3-5-13(16(20)18-17)14(10)9-21-15-7-6-12(19)8-11(15)2/h3-8,19H,9H2,1-2H3,(H,18,20). The van der Waals surface area contributed by atoms with Gasteiger partial charge in [0.15, 0.2) is 0 Å². The van der Waals surface area contributed by atoms with E-state index in [4.69, 9.17) is 4.74 Å². The average molecular weight is 350 g/mol. The molecule has 0 unspecified atom stereocenters. The lowest BCUT2D eigenvalue weighted by molar-refractivity contribution is 0.0984. The van der Waals surface area contributed by atoms with Crippen LogP contribution in [0, 0.1) is 13.8 Å². The molecule has 0 bridgehead atoms. The molecule has 2 N–H and O–H groups in total. The van der Waals surface area contributed by atoms with Crippen molar-refractivity contribution in [3.05, 3.63) is 58.7 Å². The number of benzene rings is 2. The Morgan fingerprint density at radius 1 is 1.24 bits per heavy atom. The van der Waals surface area contributed by atoms with Crippen molar-refractivity contribution in [1.82, 2.24) is 4.34 Å². The summed E-state index contributed by atoms with van der Waals surface area (Å²) in [6.07, 6.45) is 0. The molecule has 0 aliphatic heterocycles. The molecule has 0 atom stereocenters. The van der Waals surface area contributed by atoms with Crippen LogP contribution in [-0.4, -0.2) is 11.0 Å². The van der Waals surface area contributed by atoms with E-state index in [1.54, 1.807) is 24.3 Å². The summed E-state index contributed by atoms with van der Waals surface area (Å²) in [4.78, 5) is 11.9. The molecule has 2 aromatic rings. The summed E-state index contributed by atoms with van der Waals surface area (Å²) in [6.45, 7) is 4.08. The fourth-order valence-electron chi connectivity index (χ4n) is 2.10. The minimum atomic E-state index is -0.209. The van der Waals surface area contributed by atoms with Crippen molar-refractivity contribution in [3.63, 3.8) is 0 Å². The highest BCUT2D eigenvalue weighted by Gasteiger charge is 2.13. The van der Waals surface area contributed by atoms with E-state index in [0.717, 1.165) is 16.7 Å². The third kappa shape index (κ3) is 3.55. The SMILES string of the molecule is Cc1cc(O)ccc1OCc1c(C)cccc1C(=O)NBr. The van der Waals surface area contributed by atoms with Gasteiger partial charge in [-0.25, -0.2) is 0 Å². The second-order valence-electron chi connectivity index (χ2n) is 4.76. The van der Waals surface area contributed by atoms with Crippen molar-refractivity contribution in [2.75, 3.05) is 0 Å². The fraction of sp³-hybridized carbons (Fsp3) is 0.188. The maximum atomic E-state index is 11.9. The van der Waals surface area contributed by atoms with E-state index in [1.165, 1.54) is 0 Å². The van der Waals surface area contributed by atoms with E-state index in [2.05, 4.69) is 20.5 Å². The predicted molar refractivity (Wildman–Crippen MR) is 84.7 cm³/mol. The number of aryl methyl sites for hydroxylation is 2. The van der Waals surface area contributed by atoms with Gasteiger partial charge in [-0.3, -0.25) is 9.14 Å². The van der Waals surface area contributed by atoms with Gasteiger partial charge in [-0.1, -0.05) is 12.1 Å². The third-order valence-corrected chi connectivity index (χ3v) is 3.63. The molecule has 21 heavy (non-hydrogen) atoms. The van der Waals surface area contributed by atoms with E-state index in [0.29, 0.717) is 11.3 Å². The maximum absolute atomic E-state index is 11.9. The molecule has 4 nitrogen and oxygen atoms in total. The molecule has 0 aliphatic carbocycles. The minimum Gasteiger partial charge on any atom is -0.508 e. The molecule has 2 aromatic carbocycles. The van der Waals surface area contributed by atoms with E-state index in [-0.39, 0.29) is 18.3 Å². The summed E-state index contributed by atoms with van der Waals surface area (Å²) in [5, 5.41) is 9.40. The molecule has 0 radical (unpaired) electrons. The number of rotatable bonds is 4. The summed E-state index contributed by atoms with van der Waals surface area (Å²) >= 11 is 2.96. The van der Waals surface area contributed by atoms with E-state index < -0.39 is 0 Å². The van der Waals surface area contributed by atoms with Gasteiger partial charge in [-0.15, -0.1) is 0 Å². The number of amides is 1. The summed E-state index contributed by atoms with van der Waals surface area (Å²) in [6, 6.07) is 10.5. The van der Waals surface area contributed by atoms with Gasteiger partial charge < -0.3 is 9.84 Å². The van der Waals surface area contributed by atoms with Gasteiger partial charge in [0.1, 0.15) is 18.1 Å². The van der Waals surface area contributed by atoms with Crippen LogP contribution in [0.25, 0.3) is 0 Å². The quantitative estimate of drug-likeness (QED) is 0.828. The Kier molecular flexibility index (Phi) is 4.85. The Labute approximate surface area is 132 Å². The maximum Gasteiger partial charge on any atom is 0.261 e. The van der Waals surface area contributed by atoms with Gasteiger partial charge in [0, 0.05) is 27.3 Å². The highest BCUT2D eigenvalue weighted by atomic mass is 79.9. The summed E-state index contributed by atoms with van der Waals surface area (Å²) < 4.78 is 8.24. The first-order chi connectivity index (χ1) is 10.0. The number of hydrogen-bond donors (Lipinski definition) is 2. The highest BCUT2D eigenvalue weighted by molar-refractivity contribution is 9.08. The van der Waals surface area contributed by atoms with Crippen LogP contribution in [0.5, 0.6) is 11.5 Å². The molecule has 0 saturated carbocycles. The van der Waals surface area contributed by atoms with Crippen LogP contribution in [0.15, 0.2) is 36.4 Å². The normalized spacial score (nSPS) is 10.2. The average Bonchev–Trinajstić information content (AvgIpc) is 2.46. The van der Waals surface area contributed by atoms with E-state index >= 15 is 0 Å². The number of halogens is 1. The lowest BCUT2D eigenvalue weighted by Crippen LogP contribution is -2.16. The zero-order valence-electron chi connectivity index (χ0n) is 11.8. The summed E-state index contributed by atoms with van der Waals surface area (Å²) in [7, 11) is 0. The predicted octanol–water partition coefficient (Wildman–Crippen LogP) is 3.63. The number of ether oxygens (including phenoxy) is 1. The highest BCUT2D eigenvalue weighted by Crippen LogP contribution is 2.24. The topological polar surface area (TPSA) is 58.6 Å². The van der Waals surface area contributed by atoms with Crippen LogP contribution in [0.4, 0.5) is 0 Å². The Balaban J connectivity index is 2.25. The summed E-state index contributed by atoms with van der Waals surface area (Å²) in [5.41, 5.74) is 3.24. The molecule has 110 valence electrons. The lowest BCUT2D eigenvalue weighted by Gasteiger charge is -2.14. The van der Waals surface area contributed by atoms with Gasteiger partial charge in [0.2, 0.25) is 0 Å². The van der Waals surface area contributed by atoms with Crippen LogP contribution in [-0.2, 0) is 6.61 Å². The number of hydrogen-bond acceptors (Lipinski definition) is 3. The Morgan fingerprint density at radius 3 is 2.67 bits per heavy atom. The Bertz CT molecular complexity index is 671. The van der Waals surface area contributed by atoms with Gasteiger partial charge in [0.25, 0.3) is 5.91 Å². The second kappa shape index (κ2) is 6.63. The number of phenolic OH excluding ortho intramolecular Hbond substituents is 1. The van der Waals surface area contributed by atoms with Gasteiger partial charge in [-0.05, 0) is 49.2 Å². The second-order valence-corrected chi connectivity index (χ2v) is 5.16. The first-order valence-corrected chi connectivity index (χ1v) is 7.24. The van der Waals surface area contributed by atoms with Crippen LogP contribution in [0.3, 0.4) is 0 Å². The largest absolute Gasteiger partial charge is 0.508 e. The van der Waals surface area contributed by atoms with Gasteiger partial charge in [-0.2, -0.15) is 0 Å². The molecule has 0 aromatic heterocycles.